The number of fused-ring (bicyclic) bond motifs is 1. The van der Waals surface area contributed by atoms with Gasteiger partial charge in [-0.1, -0.05) is 91.0 Å². The highest BCUT2D eigenvalue weighted by atomic mass is 16.7. The van der Waals surface area contributed by atoms with E-state index in [0.717, 1.165) is 16.7 Å². The van der Waals surface area contributed by atoms with Crippen molar-refractivity contribution in [2.45, 2.75) is 70.0 Å². The Hall–Kier alpha value is -2.58. The Morgan fingerprint density at radius 2 is 1.19 bits per heavy atom. The predicted molar refractivity (Wildman–Crippen MR) is 139 cm³/mol. The van der Waals surface area contributed by atoms with Crippen LogP contribution >= 0.6 is 0 Å². The fraction of sp³-hybridized carbons (Fsp3) is 0.419. The summed E-state index contributed by atoms with van der Waals surface area (Å²) >= 11 is 0. The lowest BCUT2D eigenvalue weighted by Gasteiger charge is -2.44. The van der Waals surface area contributed by atoms with Crippen LogP contribution < -0.4 is 0 Å². The molecule has 0 amide bonds. The topological polar surface area (TPSA) is 66.4 Å². The SMILES string of the molecule is CC1(C)O[C@@H]2O[C@H](COCc3ccccc3)[C@@H](OCc3ccccc3)[C@H](OCc3ccccc3)[C@@H]2C1O. The quantitative estimate of drug-likeness (QED) is 0.424. The van der Waals surface area contributed by atoms with E-state index in [9.17, 15) is 5.11 Å². The Morgan fingerprint density at radius 1 is 0.703 bits per heavy atom. The molecular formula is C31H36O6. The predicted octanol–water partition coefficient (Wildman–Crippen LogP) is 4.88. The molecule has 0 bridgehead atoms. The summed E-state index contributed by atoms with van der Waals surface area (Å²) in [7, 11) is 0. The Kier molecular flexibility index (Phi) is 8.35. The molecule has 2 aliphatic rings. The molecule has 0 aromatic heterocycles. The monoisotopic (exact) mass is 504 g/mol. The van der Waals surface area contributed by atoms with Crippen molar-refractivity contribution in [3.8, 4) is 0 Å². The number of aliphatic hydroxyl groups excluding tert-OH is 1. The minimum Gasteiger partial charge on any atom is -0.390 e. The van der Waals surface area contributed by atoms with Gasteiger partial charge in [-0.05, 0) is 30.5 Å². The van der Waals surface area contributed by atoms with E-state index in [2.05, 4.69) is 0 Å². The zero-order valence-electron chi connectivity index (χ0n) is 21.4. The third kappa shape index (κ3) is 6.29. The van der Waals surface area contributed by atoms with E-state index < -0.39 is 42.2 Å². The highest BCUT2D eigenvalue weighted by molar-refractivity contribution is 5.16. The fourth-order valence-electron chi connectivity index (χ4n) is 5.14. The summed E-state index contributed by atoms with van der Waals surface area (Å²) < 4.78 is 31.8. The second-order valence-electron chi connectivity index (χ2n) is 10.3. The van der Waals surface area contributed by atoms with Gasteiger partial charge in [0, 0.05) is 0 Å². The van der Waals surface area contributed by atoms with Crippen molar-refractivity contribution in [3.05, 3.63) is 108 Å². The molecule has 3 aromatic carbocycles. The third-order valence-corrected chi connectivity index (χ3v) is 7.15. The van der Waals surface area contributed by atoms with Crippen molar-refractivity contribution in [2.75, 3.05) is 6.61 Å². The molecule has 6 nitrogen and oxygen atoms in total. The molecule has 1 N–H and O–H groups in total. The normalized spacial score (nSPS) is 28.6. The van der Waals surface area contributed by atoms with E-state index in [-0.39, 0.29) is 0 Å². The molecule has 0 aliphatic carbocycles. The summed E-state index contributed by atoms with van der Waals surface area (Å²) in [5, 5.41) is 11.3. The zero-order chi connectivity index (χ0) is 25.7. The molecule has 6 heteroatoms. The van der Waals surface area contributed by atoms with Crippen molar-refractivity contribution in [1.29, 1.82) is 0 Å². The third-order valence-electron chi connectivity index (χ3n) is 7.15. The van der Waals surface area contributed by atoms with E-state index in [4.69, 9.17) is 23.7 Å². The maximum Gasteiger partial charge on any atom is 0.167 e. The maximum absolute atomic E-state index is 11.3. The van der Waals surface area contributed by atoms with Crippen LogP contribution in [-0.4, -0.2) is 48.0 Å². The summed E-state index contributed by atoms with van der Waals surface area (Å²) in [6.45, 7) is 5.33. The first-order valence-corrected chi connectivity index (χ1v) is 13.0. The van der Waals surface area contributed by atoms with Crippen LogP contribution in [-0.2, 0) is 43.5 Å². The fourth-order valence-corrected chi connectivity index (χ4v) is 5.14. The molecule has 37 heavy (non-hydrogen) atoms. The molecule has 196 valence electrons. The van der Waals surface area contributed by atoms with E-state index in [0.29, 0.717) is 26.4 Å². The molecule has 1 unspecified atom stereocenters. The van der Waals surface area contributed by atoms with E-state index in [1.54, 1.807) is 0 Å². The second-order valence-corrected chi connectivity index (χ2v) is 10.3. The summed E-state index contributed by atoms with van der Waals surface area (Å²) in [5.41, 5.74) is 2.42. The lowest BCUT2D eigenvalue weighted by atomic mass is 9.83. The number of hydrogen-bond donors (Lipinski definition) is 1. The first kappa shape index (κ1) is 26.0. The minimum absolute atomic E-state index is 0.308. The lowest BCUT2D eigenvalue weighted by molar-refractivity contribution is -0.292. The first-order valence-electron chi connectivity index (χ1n) is 13.0. The largest absolute Gasteiger partial charge is 0.390 e. The highest BCUT2D eigenvalue weighted by Crippen LogP contribution is 2.44. The van der Waals surface area contributed by atoms with Crippen LogP contribution in [0.25, 0.3) is 0 Å². The number of hydrogen-bond acceptors (Lipinski definition) is 6. The summed E-state index contributed by atoms with van der Waals surface area (Å²) in [6, 6.07) is 30.1. The lowest BCUT2D eigenvalue weighted by Crippen LogP contribution is -2.58. The molecule has 2 fully saturated rings. The van der Waals surface area contributed by atoms with Crippen molar-refractivity contribution >= 4 is 0 Å². The van der Waals surface area contributed by atoms with Gasteiger partial charge in [-0.15, -0.1) is 0 Å². The van der Waals surface area contributed by atoms with Gasteiger partial charge in [0.05, 0.1) is 50.2 Å². The van der Waals surface area contributed by atoms with Crippen molar-refractivity contribution in [1.82, 2.24) is 0 Å². The van der Waals surface area contributed by atoms with E-state index in [1.165, 1.54) is 0 Å². The minimum atomic E-state index is -0.771. The van der Waals surface area contributed by atoms with Crippen molar-refractivity contribution < 1.29 is 28.8 Å². The standard InChI is InChI=1S/C31H36O6/c1-31(2)29(32)26-28(35-20-24-16-10-5-11-17-24)27(34-19-23-14-8-4-9-15-23)25(36-30(26)37-31)21-33-18-22-12-6-3-7-13-22/h3-17,25-30,32H,18-21H2,1-2H3/t25-,26-,27-,28-,29?,30+/m1/s1. The van der Waals surface area contributed by atoms with Gasteiger partial charge >= 0.3 is 0 Å². The summed E-state index contributed by atoms with van der Waals surface area (Å²) in [4.78, 5) is 0. The zero-order valence-corrected chi connectivity index (χ0v) is 21.4. The molecule has 2 heterocycles. The van der Waals surface area contributed by atoms with Crippen LogP contribution in [0, 0.1) is 5.92 Å². The maximum atomic E-state index is 11.3. The molecule has 2 aliphatic heterocycles. The highest BCUT2D eigenvalue weighted by Gasteiger charge is 2.59. The summed E-state index contributed by atoms with van der Waals surface area (Å²) in [6.07, 6.45) is -2.74. The number of rotatable bonds is 10. The van der Waals surface area contributed by atoms with Crippen LogP contribution in [0.1, 0.15) is 30.5 Å². The average Bonchev–Trinajstić information content (AvgIpc) is 3.15. The van der Waals surface area contributed by atoms with E-state index in [1.807, 2.05) is 105 Å². The smallest absolute Gasteiger partial charge is 0.167 e. The second kappa shape index (κ2) is 11.9. The Bertz CT molecular complexity index is 1090. The van der Waals surface area contributed by atoms with Gasteiger partial charge in [0.15, 0.2) is 6.29 Å². The van der Waals surface area contributed by atoms with Crippen LogP contribution in [0.15, 0.2) is 91.0 Å². The molecule has 2 saturated heterocycles. The summed E-state index contributed by atoms with van der Waals surface area (Å²) in [5.74, 6) is -0.398. The molecule has 0 saturated carbocycles. The molecular weight excluding hydrogens is 468 g/mol. The first-order chi connectivity index (χ1) is 18.0. The Morgan fingerprint density at radius 3 is 1.73 bits per heavy atom. The van der Waals surface area contributed by atoms with Gasteiger partial charge in [0.25, 0.3) is 0 Å². The number of ether oxygens (including phenoxy) is 5. The number of benzene rings is 3. The van der Waals surface area contributed by atoms with Crippen molar-refractivity contribution in [3.63, 3.8) is 0 Å². The van der Waals surface area contributed by atoms with Crippen LogP contribution in [0.5, 0.6) is 0 Å². The number of aliphatic hydroxyl groups is 1. The van der Waals surface area contributed by atoms with Gasteiger partial charge in [-0.25, -0.2) is 0 Å². The molecule has 3 aromatic rings. The van der Waals surface area contributed by atoms with Crippen LogP contribution in [0.3, 0.4) is 0 Å². The van der Waals surface area contributed by atoms with Gasteiger partial charge < -0.3 is 28.8 Å². The van der Waals surface area contributed by atoms with E-state index >= 15 is 0 Å². The average molecular weight is 505 g/mol. The van der Waals surface area contributed by atoms with Gasteiger partial charge in [0.1, 0.15) is 12.2 Å². The van der Waals surface area contributed by atoms with Gasteiger partial charge in [0.2, 0.25) is 0 Å². The molecule has 6 atom stereocenters. The van der Waals surface area contributed by atoms with Crippen LogP contribution in [0.4, 0.5) is 0 Å². The molecule has 0 radical (unpaired) electrons. The molecule has 5 rings (SSSR count). The van der Waals surface area contributed by atoms with Crippen LogP contribution in [0.2, 0.25) is 0 Å². The van der Waals surface area contributed by atoms with Crippen molar-refractivity contribution in [2.24, 2.45) is 5.92 Å². The van der Waals surface area contributed by atoms with Gasteiger partial charge in [-0.3, -0.25) is 0 Å². The Labute approximate surface area is 219 Å². The van der Waals surface area contributed by atoms with Gasteiger partial charge in [-0.2, -0.15) is 0 Å². The Balaban J connectivity index is 1.38. The molecule has 0 spiro atoms.